The van der Waals surface area contributed by atoms with Crippen LogP contribution in [-0.4, -0.2) is 44.1 Å². The van der Waals surface area contributed by atoms with Gasteiger partial charge in [0.05, 0.1) is 6.42 Å². The van der Waals surface area contributed by atoms with E-state index in [-0.39, 0.29) is 18.1 Å². The van der Waals surface area contributed by atoms with E-state index in [9.17, 15) is 13.6 Å². The Morgan fingerprint density at radius 1 is 1.48 bits per heavy atom. The Bertz CT molecular complexity index is 482. The third-order valence-corrected chi connectivity index (χ3v) is 3.66. The van der Waals surface area contributed by atoms with Crippen LogP contribution in [0.4, 0.5) is 8.78 Å². The van der Waals surface area contributed by atoms with Crippen molar-refractivity contribution < 1.29 is 18.3 Å². The lowest BCUT2D eigenvalue weighted by atomic mass is 10.1. The zero-order valence-electron chi connectivity index (χ0n) is 12.0. The fourth-order valence-electron chi connectivity index (χ4n) is 2.65. The number of amides is 1. The first-order valence-electron chi connectivity index (χ1n) is 7.05. The summed E-state index contributed by atoms with van der Waals surface area (Å²) < 4.78 is 29.2. The van der Waals surface area contributed by atoms with Gasteiger partial charge in [-0.2, -0.15) is 8.78 Å². The zero-order valence-corrected chi connectivity index (χ0v) is 12.0. The van der Waals surface area contributed by atoms with Crippen LogP contribution in [0.1, 0.15) is 12.0 Å². The Morgan fingerprint density at radius 3 is 2.95 bits per heavy atom. The highest BCUT2D eigenvalue weighted by molar-refractivity contribution is 5.79. The summed E-state index contributed by atoms with van der Waals surface area (Å²) in [7, 11) is 1.89. The third-order valence-electron chi connectivity index (χ3n) is 3.66. The van der Waals surface area contributed by atoms with Gasteiger partial charge in [0.2, 0.25) is 5.91 Å². The molecule has 0 spiro atoms. The SMILES string of the molecule is CNCC1CCN(C(=O)Cc2ccccc2OC(F)F)C1. The van der Waals surface area contributed by atoms with Gasteiger partial charge in [-0.05, 0) is 32.0 Å². The van der Waals surface area contributed by atoms with Crippen molar-refractivity contribution in [3.8, 4) is 5.75 Å². The topological polar surface area (TPSA) is 41.6 Å². The molecule has 116 valence electrons. The highest BCUT2D eigenvalue weighted by Gasteiger charge is 2.26. The van der Waals surface area contributed by atoms with E-state index in [1.54, 1.807) is 23.1 Å². The summed E-state index contributed by atoms with van der Waals surface area (Å²) >= 11 is 0. The number of alkyl halides is 2. The number of ether oxygens (including phenoxy) is 1. The number of nitrogens with one attached hydrogen (secondary N) is 1. The molecule has 0 radical (unpaired) electrons. The molecule has 1 aliphatic heterocycles. The Hall–Kier alpha value is -1.69. The van der Waals surface area contributed by atoms with Crippen molar-refractivity contribution in [2.75, 3.05) is 26.7 Å². The van der Waals surface area contributed by atoms with Gasteiger partial charge < -0.3 is 15.0 Å². The van der Waals surface area contributed by atoms with Gasteiger partial charge in [0, 0.05) is 18.7 Å². The lowest BCUT2D eigenvalue weighted by Crippen LogP contribution is -2.31. The summed E-state index contributed by atoms with van der Waals surface area (Å²) in [4.78, 5) is 14.1. The number of halogens is 2. The fraction of sp³-hybridized carbons (Fsp3) is 0.533. The molecule has 1 unspecified atom stereocenters. The molecule has 4 nitrogen and oxygen atoms in total. The summed E-state index contributed by atoms with van der Waals surface area (Å²) in [6, 6.07) is 6.44. The number of nitrogens with zero attached hydrogens (tertiary/aromatic N) is 1. The summed E-state index contributed by atoms with van der Waals surface area (Å²) in [5.41, 5.74) is 0.500. The van der Waals surface area contributed by atoms with Crippen molar-refractivity contribution in [2.24, 2.45) is 5.92 Å². The second kappa shape index (κ2) is 7.36. The number of hydrogen-bond donors (Lipinski definition) is 1. The zero-order chi connectivity index (χ0) is 15.2. The maximum atomic E-state index is 12.4. The van der Waals surface area contributed by atoms with E-state index in [0.717, 1.165) is 26.1 Å². The molecule has 0 aliphatic carbocycles. The molecule has 1 heterocycles. The predicted molar refractivity (Wildman–Crippen MR) is 75.4 cm³/mol. The van der Waals surface area contributed by atoms with Gasteiger partial charge in [0.15, 0.2) is 0 Å². The average molecular weight is 298 g/mol. The van der Waals surface area contributed by atoms with E-state index in [4.69, 9.17) is 0 Å². The number of rotatable bonds is 6. The second-order valence-electron chi connectivity index (χ2n) is 5.22. The summed E-state index contributed by atoms with van der Waals surface area (Å²) in [6.45, 7) is -0.553. The third kappa shape index (κ3) is 4.39. The summed E-state index contributed by atoms with van der Waals surface area (Å²) in [5, 5.41) is 3.11. The number of likely N-dealkylation sites (tertiary alicyclic amines) is 1. The summed E-state index contributed by atoms with van der Waals surface area (Å²) in [5.74, 6) is 0.497. The Kier molecular flexibility index (Phi) is 5.50. The van der Waals surface area contributed by atoms with Crippen molar-refractivity contribution in [2.45, 2.75) is 19.5 Å². The number of carbonyl (C=O) groups excluding carboxylic acids is 1. The first-order valence-corrected chi connectivity index (χ1v) is 7.05. The van der Waals surface area contributed by atoms with E-state index < -0.39 is 6.61 Å². The maximum Gasteiger partial charge on any atom is 0.387 e. The standard InChI is InChI=1S/C15H20F2N2O2/c1-18-9-11-6-7-19(10-11)14(20)8-12-4-2-3-5-13(12)21-15(16)17/h2-5,11,15,18H,6-10H2,1H3. The first kappa shape index (κ1) is 15.7. The molecule has 1 amide bonds. The van der Waals surface area contributed by atoms with E-state index >= 15 is 0 Å². The largest absolute Gasteiger partial charge is 0.435 e. The van der Waals surface area contributed by atoms with Gasteiger partial charge in [-0.1, -0.05) is 18.2 Å². The molecule has 1 aliphatic rings. The number of benzene rings is 1. The Labute approximate surface area is 123 Å². The van der Waals surface area contributed by atoms with Crippen molar-refractivity contribution >= 4 is 5.91 Å². The number of para-hydroxylation sites is 1. The van der Waals surface area contributed by atoms with Crippen LogP contribution in [0.3, 0.4) is 0 Å². The fourth-order valence-corrected chi connectivity index (χ4v) is 2.65. The van der Waals surface area contributed by atoms with Crippen LogP contribution in [-0.2, 0) is 11.2 Å². The van der Waals surface area contributed by atoms with Gasteiger partial charge in [0.1, 0.15) is 5.75 Å². The molecule has 1 atom stereocenters. The molecule has 0 saturated carbocycles. The lowest BCUT2D eigenvalue weighted by Gasteiger charge is -2.18. The van der Waals surface area contributed by atoms with Crippen LogP contribution in [0.15, 0.2) is 24.3 Å². The smallest absolute Gasteiger partial charge is 0.387 e. The van der Waals surface area contributed by atoms with Crippen LogP contribution < -0.4 is 10.1 Å². The van der Waals surface area contributed by atoms with E-state index in [2.05, 4.69) is 10.1 Å². The van der Waals surface area contributed by atoms with Crippen LogP contribution in [0.25, 0.3) is 0 Å². The number of hydrogen-bond acceptors (Lipinski definition) is 3. The average Bonchev–Trinajstić information content (AvgIpc) is 2.89. The van der Waals surface area contributed by atoms with Gasteiger partial charge >= 0.3 is 6.61 Å². The predicted octanol–water partition coefficient (Wildman–Crippen LogP) is 1.90. The molecule has 2 rings (SSSR count). The van der Waals surface area contributed by atoms with Gasteiger partial charge in [-0.25, -0.2) is 0 Å². The molecular formula is C15H20F2N2O2. The monoisotopic (exact) mass is 298 g/mol. The molecule has 21 heavy (non-hydrogen) atoms. The van der Waals surface area contributed by atoms with Crippen LogP contribution in [0.5, 0.6) is 5.75 Å². The number of carbonyl (C=O) groups is 1. The van der Waals surface area contributed by atoms with Gasteiger partial charge in [0.25, 0.3) is 0 Å². The van der Waals surface area contributed by atoms with E-state index in [0.29, 0.717) is 11.5 Å². The summed E-state index contributed by atoms with van der Waals surface area (Å²) in [6.07, 6.45) is 1.07. The molecule has 0 bridgehead atoms. The minimum absolute atomic E-state index is 0.0427. The Balaban J connectivity index is 1.97. The molecule has 1 aromatic rings. The Morgan fingerprint density at radius 2 is 2.24 bits per heavy atom. The minimum Gasteiger partial charge on any atom is -0.435 e. The molecule has 1 N–H and O–H groups in total. The minimum atomic E-state index is -2.88. The molecule has 1 aromatic carbocycles. The second-order valence-corrected chi connectivity index (χ2v) is 5.22. The molecule has 6 heteroatoms. The quantitative estimate of drug-likeness (QED) is 0.872. The molecule has 1 saturated heterocycles. The highest BCUT2D eigenvalue weighted by Crippen LogP contribution is 2.23. The van der Waals surface area contributed by atoms with Crippen LogP contribution in [0, 0.1) is 5.92 Å². The van der Waals surface area contributed by atoms with E-state index in [1.807, 2.05) is 7.05 Å². The molecular weight excluding hydrogens is 278 g/mol. The van der Waals surface area contributed by atoms with Crippen molar-refractivity contribution in [1.82, 2.24) is 10.2 Å². The van der Waals surface area contributed by atoms with E-state index in [1.165, 1.54) is 6.07 Å². The van der Waals surface area contributed by atoms with Crippen molar-refractivity contribution in [3.05, 3.63) is 29.8 Å². The highest BCUT2D eigenvalue weighted by atomic mass is 19.3. The molecule has 1 fully saturated rings. The van der Waals surface area contributed by atoms with Crippen molar-refractivity contribution in [3.63, 3.8) is 0 Å². The molecule has 0 aromatic heterocycles. The normalized spacial score (nSPS) is 18.3. The van der Waals surface area contributed by atoms with Crippen LogP contribution >= 0.6 is 0 Å². The first-order chi connectivity index (χ1) is 10.1. The van der Waals surface area contributed by atoms with Gasteiger partial charge in [-0.3, -0.25) is 4.79 Å². The maximum absolute atomic E-state index is 12.4. The van der Waals surface area contributed by atoms with Crippen LogP contribution in [0.2, 0.25) is 0 Å². The van der Waals surface area contributed by atoms with Gasteiger partial charge in [-0.15, -0.1) is 0 Å². The van der Waals surface area contributed by atoms with Crippen molar-refractivity contribution in [1.29, 1.82) is 0 Å². The lowest BCUT2D eigenvalue weighted by molar-refractivity contribution is -0.129.